The number of rotatable bonds is 7. The number of amides is 2. The van der Waals surface area contributed by atoms with Crippen LogP contribution in [-0.2, 0) is 24.4 Å². The maximum Gasteiger partial charge on any atom is 0.289 e. The highest BCUT2D eigenvalue weighted by atomic mass is 35.5. The molecular weight excluding hydrogens is 418 g/mol. The van der Waals surface area contributed by atoms with Crippen LogP contribution in [0.1, 0.15) is 16.7 Å². The van der Waals surface area contributed by atoms with E-state index in [1.54, 1.807) is 12.1 Å². The summed E-state index contributed by atoms with van der Waals surface area (Å²) in [7, 11) is 0. The van der Waals surface area contributed by atoms with Gasteiger partial charge >= 0.3 is 0 Å². The molecule has 3 aromatic carbocycles. The van der Waals surface area contributed by atoms with Crippen molar-refractivity contribution in [1.82, 2.24) is 4.90 Å². The third-order valence-corrected chi connectivity index (χ3v) is 6.18. The van der Waals surface area contributed by atoms with Gasteiger partial charge in [0.1, 0.15) is 12.4 Å². The zero-order chi connectivity index (χ0) is 20.9. The lowest BCUT2D eigenvalue weighted by atomic mass is 10.1. The number of benzene rings is 3. The summed E-state index contributed by atoms with van der Waals surface area (Å²) in [5.74, 6) is 0.623. The summed E-state index contributed by atoms with van der Waals surface area (Å²) >= 11 is 6.99. The van der Waals surface area contributed by atoms with Crippen molar-refractivity contribution in [2.45, 2.75) is 24.8 Å². The Balaban J connectivity index is 1.34. The fourth-order valence-electron chi connectivity index (χ4n) is 3.22. The number of carbonyl (C=O) groups is 2. The first-order valence-corrected chi connectivity index (χ1v) is 10.9. The van der Waals surface area contributed by atoms with Gasteiger partial charge in [-0.1, -0.05) is 78.0 Å². The Morgan fingerprint density at radius 2 is 1.50 bits per heavy atom. The van der Waals surface area contributed by atoms with Crippen molar-refractivity contribution in [3.8, 4) is 5.75 Å². The minimum absolute atomic E-state index is 0.149. The standard InChI is InChI=1S/C24H20ClNO3S/c25-20-10-6-18(7-11-20)15-26-23(27)22(30-24(26)28)14-17-8-12-21(13-9-17)29-16-19-4-2-1-3-5-19/h1-13,22H,14-16H2/t22-/m0/s1. The van der Waals surface area contributed by atoms with Gasteiger partial charge in [-0.3, -0.25) is 14.5 Å². The Morgan fingerprint density at radius 1 is 0.833 bits per heavy atom. The van der Waals surface area contributed by atoms with E-state index in [0.717, 1.165) is 34.2 Å². The van der Waals surface area contributed by atoms with Crippen LogP contribution in [0.25, 0.3) is 0 Å². The van der Waals surface area contributed by atoms with Crippen LogP contribution in [0.4, 0.5) is 4.79 Å². The summed E-state index contributed by atoms with van der Waals surface area (Å²) in [5.41, 5.74) is 2.98. The van der Waals surface area contributed by atoms with Crippen LogP contribution in [0.15, 0.2) is 78.9 Å². The van der Waals surface area contributed by atoms with Crippen LogP contribution in [0.5, 0.6) is 5.75 Å². The molecule has 0 saturated carbocycles. The lowest BCUT2D eigenvalue weighted by Gasteiger charge is -2.14. The summed E-state index contributed by atoms with van der Waals surface area (Å²) in [6.07, 6.45) is 0.505. The molecule has 0 spiro atoms. The fourth-order valence-corrected chi connectivity index (χ4v) is 4.38. The van der Waals surface area contributed by atoms with Gasteiger partial charge in [0.05, 0.1) is 11.8 Å². The molecule has 1 aliphatic heterocycles. The molecule has 3 aromatic rings. The first-order chi connectivity index (χ1) is 14.6. The number of hydrogen-bond donors (Lipinski definition) is 0. The quantitative estimate of drug-likeness (QED) is 0.473. The minimum Gasteiger partial charge on any atom is -0.489 e. The molecule has 0 bridgehead atoms. The van der Waals surface area contributed by atoms with E-state index in [2.05, 4.69) is 0 Å². The van der Waals surface area contributed by atoms with E-state index in [4.69, 9.17) is 16.3 Å². The highest BCUT2D eigenvalue weighted by Gasteiger charge is 2.39. The molecule has 0 unspecified atom stereocenters. The molecule has 4 rings (SSSR count). The monoisotopic (exact) mass is 437 g/mol. The van der Waals surface area contributed by atoms with E-state index in [-0.39, 0.29) is 17.7 Å². The fraction of sp³-hybridized carbons (Fsp3) is 0.167. The van der Waals surface area contributed by atoms with Gasteiger partial charge in [-0.2, -0.15) is 0 Å². The Bertz CT molecular complexity index is 1020. The van der Waals surface area contributed by atoms with Crippen LogP contribution in [-0.4, -0.2) is 21.3 Å². The largest absolute Gasteiger partial charge is 0.489 e. The number of halogens is 1. The van der Waals surface area contributed by atoms with E-state index in [1.165, 1.54) is 4.90 Å². The average molecular weight is 438 g/mol. The van der Waals surface area contributed by atoms with E-state index in [1.807, 2.05) is 66.7 Å². The van der Waals surface area contributed by atoms with Gasteiger partial charge in [-0.15, -0.1) is 0 Å². The highest BCUT2D eigenvalue weighted by molar-refractivity contribution is 8.15. The van der Waals surface area contributed by atoms with Crippen LogP contribution in [0, 0.1) is 0 Å². The van der Waals surface area contributed by atoms with Gasteiger partial charge in [0.25, 0.3) is 5.24 Å². The van der Waals surface area contributed by atoms with Crippen molar-refractivity contribution in [2.24, 2.45) is 0 Å². The summed E-state index contributed by atoms with van der Waals surface area (Å²) < 4.78 is 5.80. The van der Waals surface area contributed by atoms with E-state index >= 15 is 0 Å². The first kappa shape index (κ1) is 20.5. The topological polar surface area (TPSA) is 46.6 Å². The number of nitrogens with zero attached hydrogens (tertiary/aromatic N) is 1. The third kappa shape index (κ3) is 5.04. The number of thioether (sulfide) groups is 1. The van der Waals surface area contributed by atoms with Crippen molar-refractivity contribution in [1.29, 1.82) is 0 Å². The molecule has 1 atom stereocenters. The lowest BCUT2D eigenvalue weighted by molar-refractivity contribution is -0.127. The normalized spacial score (nSPS) is 16.2. The lowest BCUT2D eigenvalue weighted by Crippen LogP contribution is -2.31. The van der Waals surface area contributed by atoms with Crippen molar-refractivity contribution < 1.29 is 14.3 Å². The molecule has 6 heteroatoms. The molecule has 4 nitrogen and oxygen atoms in total. The Hall–Kier alpha value is -2.76. The highest BCUT2D eigenvalue weighted by Crippen LogP contribution is 2.31. The second-order valence-electron chi connectivity index (χ2n) is 7.05. The molecule has 1 aliphatic rings. The minimum atomic E-state index is -0.402. The maximum atomic E-state index is 12.8. The average Bonchev–Trinajstić information content (AvgIpc) is 3.03. The van der Waals surface area contributed by atoms with Gasteiger partial charge in [-0.25, -0.2) is 0 Å². The molecule has 152 valence electrons. The molecule has 0 radical (unpaired) electrons. The predicted molar refractivity (Wildman–Crippen MR) is 120 cm³/mol. The molecule has 0 N–H and O–H groups in total. The van der Waals surface area contributed by atoms with Crippen LogP contribution in [0.3, 0.4) is 0 Å². The van der Waals surface area contributed by atoms with Crippen molar-refractivity contribution in [2.75, 3.05) is 0 Å². The first-order valence-electron chi connectivity index (χ1n) is 9.60. The van der Waals surface area contributed by atoms with E-state index in [0.29, 0.717) is 18.1 Å². The second-order valence-corrected chi connectivity index (χ2v) is 8.64. The van der Waals surface area contributed by atoms with Gasteiger partial charge in [-0.05, 0) is 47.4 Å². The van der Waals surface area contributed by atoms with Crippen LogP contribution >= 0.6 is 23.4 Å². The maximum absolute atomic E-state index is 12.8. The van der Waals surface area contributed by atoms with Gasteiger partial charge in [0.15, 0.2) is 0 Å². The SMILES string of the molecule is O=C1S[C@@H](Cc2ccc(OCc3ccccc3)cc2)C(=O)N1Cc1ccc(Cl)cc1. The van der Waals surface area contributed by atoms with E-state index in [9.17, 15) is 9.59 Å². The summed E-state index contributed by atoms with van der Waals surface area (Å²) in [5, 5.41) is 0.0184. The Kier molecular flexibility index (Phi) is 6.41. The zero-order valence-corrected chi connectivity index (χ0v) is 17.7. The Labute approximate surface area is 184 Å². The van der Waals surface area contributed by atoms with Gasteiger partial charge < -0.3 is 4.74 Å². The number of ether oxygens (including phenoxy) is 1. The molecule has 1 fully saturated rings. The molecule has 0 aliphatic carbocycles. The molecule has 2 amide bonds. The van der Waals surface area contributed by atoms with Crippen LogP contribution in [0.2, 0.25) is 5.02 Å². The van der Waals surface area contributed by atoms with Crippen molar-refractivity contribution in [3.05, 3.63) is 101 Å². The summed E-state index contributed by atoms with van der Waals surface area (Å²) in [4.78, 5) is 26.4. The van der Waals surface area contributed by atoms with Gasteiger partial charge in [0.2, 0.25) is 5.91 Å². The summed E-state index contributed by atoms with van der Waals surface area (Å²) in [6, 6.07) is 24.8. The predicted octanol–water partition coefficient (Wildman–Crippen LogP) is 5.73. The molecule has 1 heterocycles. The van der Waals surface area contributed by atoms with E-state index < -0.39 is 5.25 Å². The van der Waals surface area contributed by atoms with Crippen LogP contribution < -0.4 is 4.74 Å². The zero-order valence-electron chi connectivity index (χ0n) is 16.2. The van der Waals surface area contributed by atoms with Gasteiger partial charge in [0, 0.05) is 5.02 Å². The molecule has 30 heavy (non-hydrogen) atoms. The molecule has 1 saturated heterocycles. The van der Waals surface area contributed by atoms with Crippen molar-refractivity contribution >= 4 is 34.5 Å². The summed E-state index contributed by atoms with van der Waals surface area (Å²) in [6.45, 7) is 0.774. The molecule has 0 aromatic heterocycles. The number of imide groups is 1. The molecular formula is C24H20ClNO3S. The number of carbonyl (C=O) groups excluding carboxylic acids is 2. The Morgan fingerprint density at radius 3 is 2.20 bits per heavy atom. The van der Waals surface area contributed by atoms with Crippen molar-refractivity contribution in [3.63, 3.8) is 0 Å². The smallest absolute Gasteiger partial charge is 0.289 e. The second kappa shape index (κ2) is 9.37. The number of hydrogen-bond acceptors (Lipinski definition) is 4. The third-order valence-electron chi connectivity index (χ3n) is 4.85.